The van der Waals surface area contributed by atoms with Gasteiger partial charge in [0.2, 0.25) is 0 Å². The number of rotatable bonds is 4. The van der Waals surface area contributed by atoms with Crippen LogP contribution in [0.3, 0.4) is 0 Å². The maximum Gasteiger partial charge on any atom is 0.341 e. The van der Waals surface area contributed by atoms with Gasteiger partial charge >= 0.3 is 5.97 Å². The second-order valence-electron chi connectivity index (χ2n) is 6.44. The molecule has 0 aliphatic carbocycles. The van der Waals surface area contributed by atoms with Crippen LogP contribution >= 0.6 is 11.6 Å². The number of hydrogen-bond donors (Lipinski definition) is 2. The molecule has 0 saturated carbocycles. The van der Waals surface area contributed by atoms with E-state index >= 15 is 0 Å². The first-order valence-corrected chi connectivity index (χ1v) is 8.74. The van der Waals surface area contributed by atoms with Crippen LogP contribution in [0.1, 0.15) is 30.2 Å². The minimum absolute atomic E-state index is 0.0390. The highest BCUT2D eigenvalue weighted by molar-refractivity contribution is 6.31. The molecular weight excluding hydrogens is 368 g/mol. The highest BCUT2D eigenvalue weighted by Crippen LogP contribution is 2.33. The van der Waals surface area contributed by atoms with Crippen molar-refractivity contribution in [1.82, 2.24) is 24.1 Å². The van der Waals surface area contributed by atoms with E-state index in [0.29, 0.717) is 16.5 Å². The Bertz CT molecular complexity index is 1190. The zero-order valence-electron chi connectivity index (χ0n) is 14.9. The lowest BCUT2D eigenvalue weighted by molar-refractivity contribution is 0.0699. The number of nitrogens with zero attached hydrogens (tertiary/aromatic N) is 5. The van der Waals surface area contributed by atoms with E-state index in [0.717, 1.165) is 16.6 Å². The van der Waals surface area contributed by atoms with Crippen molar-refractivity contribution < 1.29 is 9.90 Å². The van der Waals surface area contributed by atoms with Gasteiger partial charge in [-0.2, -0.15) is 9.61 Å². The van der Waals surface area contributed by atoms with Crippen LogP contribution in [0, 0.1) is 0 Å². The SMILES string of the molecule is CNc1cc(-c2cn(C(C)C)c3ncc(Cl)cc23)nc2c(C(=O)O)cnn12. The van der Waals surface area contributed by atoms with Crippen LogP contribution in [-0.4, -0.2) is 42.3 Å². The average molecular weight is 385 g/mol. The maximum absolute atomic E-state index is 11.5. The Balaban J connectivity index is 2.06. The van der Waals surface area contributed by atoms with E-state index in [4.69, 9.17) is 11.6 Å². The molecule has 4 heterocycles. The average Bonchev–Trinajstić information content (AvgIpc) is 3.21. The van der Waals surface area contributed by atoms with Crippen LogP contribution < -0.4 is 5.32 Å². The Kier molecular flexibility index (Phi) is 4.00. The number of carbonyl (C=O) groups is 1. The quantitative estimate of drug-likeness (QED) is 0.556. The molecule has 0 aliphatic heterocycles. The predicted molar refractivity (Wildman–Crippen MR) is 104 cm³/mol. The van der Waals surface area contributed by atoms with Gasteiger partial charge < -0.3 is 15.0 Å². The summed E-state index contributed by atoms with van der Waals surface area (Å²) >= 11 is 6.17. The number of halogens is 1. The second-order valence-corrected chi connectivity index (χ2v) is 6.88. The molecule has 27 heavy (non-hydrogen) atoms. The first kappa shape index (κ1) is 17.3. The summed E-state index contributed by atoms with van der Waals surface area (Å²) in [6, 6.07) is 3.86. The summed E-state index contributed by atoms with van der Waals surface area (Å²) in [6.45, 7) is 4.13. The largest absolute Gasteiger partial charge is 0.477 e. The fraction of sp³-hybridized carbons (Fsp3) is 0.222. The molecule has 0 fully saturated rings. The highest BCUT2D eigenvalue weighted by Gasteiger charge is 2.20. The predicted octanol–water partition coefficient (Wildman–Crippen LogP) is 3.72. The minimum atomic E-state index is -1.08. The van der Waals surface area contributed by atoms with Gasteiger partial charge in [-0.15, -0.1) is 0 Å². The third kappa shape index (κ3) is 2.69. The van der Waals surface area contributed by atoms with E-state index < -0.39 is 5.97 Å². The minimum Gasteiger partial charge on any atom is -0.477 e. The standard InChI is InChI=1S/C18H17ClN6O2/c1-9(2)24-8-13(11-4-10(19)6-21-16(11)24)14-5-15(20-3)25-17(23-14)12(7-22-25)18(26)27/h4-9,20H,1-3H3,(H,26,27). The normalized spacial score (nSPS) is 11.6. The Morgan fingerprint density at radius 3 is 2.70 bits per heavy atom. The van der Waals surface area contributed by atoms with Crippen molar-refractivity contribution in [3.8, 4) is 11.3 Å². The monoisotopic (exact) mass is 384 g/mol. The molecule has 0 unspecified atom stereocenters. The number of aromatic nitrogens is 5. The van der Waals surface area contributed by atoms with Crippen LogP contribution in [0.5, 0.6) is 0 Å². The summed E-state index contributed by atoms with van der Waals surface area (Å²) in [7, 11) is 1.75. The molecule has 8 nitrogen and oxygen atoms in total. The summed E-state index contributed by atoms with van der Waals surface area (Å²) in [4.78, 5) is 20.6. The van der Waals surface area contributed by atoms with Gasteiger partial charge in [0.15, 0.2) is 5.65 Å². The van der Waals surface area contributed by atoms with Gasteiger partial charge in [0, 0.05) is 42.5 Å². The highest BCUT2D eigenvalue weighted by atomic mass is 35.5. The molecule has 2 N–H and O–H groups in total. The summed E-state index contributed by atoms with van der Waals surface area (Å²) in [6.07, 6.45) is 4.88. The van der Waals surface area contributed by atoms with Crippen LogP contribution in [0.25, 0.3) is 27.9 Å². The van der Waals surface area contributed by atoms with Gasteiger partial charge in [0.05, 0.1) is 16.9 Å². The van der Waals surface area contributed by atoms with E-state index in [9.17, 15) is 9.90 Å². The fourth-order valence-electron chi connectivity index (χ4n) is 3.13. The molecule has 4 aromatic heterocycles. The van der Waals surface area contributed by atoms with Gasteiger partial charge in [0.25, 0.3) is 0 Å². The van der Waals surface area contributed by atoms with Crippen LogP contribution in [0.15, 0.2) is 30.7 Å². The molecule has 0 bridgehead atoms. The number of fused-ring (bicyclic) bond motifs is 2. The Hall–Kier alpha value is -3.13. The van der Waals surface area contributed by atoms with Crippen LogP contribution in [-0.2, 0) is 0 Å². The Morgan fingerprint density at radius 2 is 2.04 bits per heavy atom. The topological polar surface area (TPSA) is 97.3 Å². The van der Waals surface area contributed by atoms with Crippen molar-refractivity contribution >= 4 is 40.1 Å². The fourth-order valence-corrected chi connectivity index (χ4v) is 3.29. The van der Waals surface area contributed by atoms with Crippen molar-refractivity contribution in [1.29, 1.82) is 0 Å². The van der Waals surface area contributed by atoms with Gasteiger partial charge in [-0.05, 0) is 19.9 Å². The number of anilines is 1. The molecule has 0 spiro atoms. The molecule has 138 valence electrons. The molecule has 0 aliphatic rings. The van der Waals surface area contributed by atoms with E-state index in [1.165, 1.54) is 10.7 Å². The number of carboxylic acid groups (broad SMARTS) is 1. The van der Waals surface area contributed by atoms with E-state index in [1.54, 1.807) is 13.2 Å². The van der Waals surface area contributed by atoms with Gasteiger partial charge in [0.1, 0.15) is 17.0 Å². The third-order valence-electron chi connectivity index (χ3n) is 4.43. The van der Waals surface area contributed by atoms with Crippen LogP contribution in [0.4, 0.5) is 5.82 Å². The van der Waals surface area contributed by atoms with Crippen molar-refractivity contribution in [2.24, 2.45) is 0 Å². The first-order valence-electron chi connectivity index (χ1n) is 8.37. The smallest absolute Gasteiger partial charge is 0.341 e. The van der Waals surface area contributed by atoms with E-state index in [1.807, 2.05) is 22.9 Å². The zero-order chi connectivity index (χ0) is 19.3. The maximum atomic E-state index is 11.5. The van der Waals surface area contributed by atoms with E-state index in [-0.39, 0.29) is 17.3 Å². The van der Waals surface area contributed by atoms with Crippen LogP contribution in [0.2, 0.25) is 5.02 Å². The molecule has 0 atom stereocenters. The number of carboxylic acids is 1. The third-order valence-corrected chi connectivity index (χ3v) is 4.63. The number of pyridine rings is 1. The summed E-state index contributed by atoms with van der Waals surface area (Å²) in [5.74, 6) is -0.450. The molecule has 0 radical (unpaired) electrons. The molecule has 9 heteroatoms. The van der Waals surface area contributed by atoms with Crippen molar-refractivity contribution in [2.75, 3.05) is 12.4 Å². The van der Waals surface area contributed by atoms with Crippen molar-refractivity contribution in [3.63, 3.8) is 0 Å². The number of aromatic carboxylic acids is 1. The van der Waals surface area contributed by atoms with Gasteiger partial charge in [-0.1, -0.05) is 11.6 Å². The molecule has 0 saturated heterocycles. The molecule has 0 aromatic carbocycles. The number of hydrogen-bond acceptors (Lipinski definition) is 5. The van der Waals surface area contributed by atoms with E-state index in [2.05, 4.69) is 34.2 Å². The summed E-state index contributed by atoms with van der Waals surface area (Å²) < 4.78 is 3.51. The summed E-state index contributed by atoms with van der Waals surface area (Å²) in [5.41, 5.74) is 2.54. The Morgan fingerprint density at radius 1 is 1.26 bits per heavy atom. The lowest BCUT2D eigenvalue weighted by atomic mass is 10.1. The van der Waals surface area contributed by atoms with Crippen molar-refractivity contribution in [3.05, 3.63) is 41.3 Å². The molecule has 0 amide bonds. The number of nitrogens with one attached hydrogen (secondary N) is 1. The zero-order valence-corrected chi connectivity index (χ0v) is 15.7. The van der Waals surface area contributed by atoms with Gasteiger partial charge in [-0.25, -0.2) is 14.8 Å². The molecular formula is C18H17ClN6O2. The Labute approximate surface area is 159 Å². The molecule has 4 aromatic rings. The first-order chi connectivity index (χ1) is 12.9. The second kappa shape index (κ2) is 6.24. The van der Waals surface area contributed by atoms with Gasteiger partial charge in [-0.3, -0.25) is 0 Å². The molecule has 4 rings (SSSR count). The summed E-state index contributed by atoms with van der Waals surface area (Å²) in [5, 5.41) is 18.0. The lowest BCUT2D eigenvalue weighted by Gasteiger charge is -2.08. The lowest BCUT2D eigenvalue weighted by Crippen LogP contribution is -2.04. The van der Waals surface area contributed by atoms with Crippen molar-refractivity contribution in [2.45, 2.75) is 19.9 Å².